The molecule has 1 atom stereocenters. The van der Waals surface area contributed by atoms with Gasteiger partial charge in [0.05, 0.1) is 6.04 Å². The highest BCUT2D eigenvalue weighted by molar-refractivity contribution is 5.96. The van der Waals surface area contributed by atoms with Gasteiger partial charge in [0.1, 0.15) is 0 Å². The summed E-state index contributed by atoms with van der Waals surface area (Å²) < 4.78 is 0. The van der Waals surface area contributed by atoms with E-state index in [-0.39, 0.29) is 24.4 Å². The highest BCUT2D eigenvalue weighted by atomic mass is 35.5. The molecule has 0 spiro atoms. The molecule has 0 radical (unpaired) electrons. The van der Waals surface area contributed by atoms with E-state index in [1.54, 1.807) is 12.1 Å². The summed E-state index contributed by atoms with van der Waals surface area (Å²) in [5.41, 5.74) is 10.3. The summed E-state index contributed by atoms with van der Waals surface area (Å²) in [5.74, 6) is -0.0909. The molecule has 0 heterocycles. The lowest BCUT2D eigenvalue weighted by atomic mass is 10.0. The zero-order valence-electron chi connectivity index (χ0n) is 13.2. The first-order valence-corrected chi connectivity index (χ1v) is 7.27. The van der Waals surface area contributed by atoms with Gasteiger partial charge < -0.3 is 11.1 Å². The van der Waals surface area contributed by atoms with Crippen LogP contribution in [-0.4, -0.2) is 5.91 Å². The van der Waals surface area contributed by atoms with E-state index in [1.807, 2.05) is 19.9 Å². The molecular weight excluding hydrogens is 296 g/mol. The van der Waals surface area contributed by atoms with Crippen molar-refractivity contribution in [1.82, 2.24) is 5.32 Å². The first-order chi connectivity index (χ1) is 10.0. The van der Waals surface area contributed by atoms with E-state index >= 15 is 0 Å². The summed E-state index contributed by atoms with van der Waals surface area (Å²) in [6.07, 6.45) is 1.02. The highest BCUT2D eigenvalue weighted by Crippen LogP contribution is 2.17. The van der Waals surface area contributed by atoms with Gasteiger partial charge in [-0.3, -0.25) is 4.79 Å². The molecule has 4 heteroatoms. The fourth-order valence-electron chi connectivity index (χ4n) is 2.28. The average molecular weight is 319 g/mol. The molecule has 3 nitrogen and oxygen atoms in total. The number of aryl methyl sites for hydroxylation is 2. The number of carbonyl (C=O) groups excluding carboxylic acids is 1. The molecule has 118 valence electrons. The van der Waals surface area contributed by atoms with E-state index in [2.05, 4.69) is 36.5 Å². The van der Waals surface area contributed by atoms with Gasteiger partial charge in [-0.25, -0.2) is 0 Å². The average Bonchev–Trinajstić information content (AvgIpc) is 2.49. The Morgan fingerprint density at radius 2 is 1.82 bits per heavy atom. The Morgan fingerprint density at radius 1 is 1.18 bits per heavy atom. The lowest BCUT2D eigenvalue weighted by Crippen LogP contribution is -2.27. The van der Waals surface area contributed by atoms with Crippen molar-refractivity contribution in [2.45, 2.75) is 33.2 Å². The fraction of sp³-hybridized carbons (Fsp3) is 0.278. The van der Waals surface area contributed by atoms with Crippen LogP contribution < -0.4 is 11.1 Å². The number of carbonyl (C=O) groups is 1. The lowest BCUT2D eigenvalue weighted by molar-refractivity contribution is 0.0939. The van der Waals surface area contributed by atoms with Gasteiger partial charge in [0.2, 0.25) is 0 Å². The molecule has 0 aliphatic heterocycles. The van der Waals surface area contributed by atoms with Crippen molar-refractivity contribution in [2.75, 3.05) is 5.73 Å². The van der Waals surface area contributed by atoms with Crippen molar-refractivity contribution in [3.05, 3.63) is 64.7 Å². The van der Waals surface area contributed by atoms with Gasteiger partial charge in [0, 0.05) is 11.3 Å². The van der Waals surface area contributed by atoms with E-state index in [9.17, 15) is 4.79 Å². The third-order valence-electron chi connectivity index (χ3n) is 3.74. The Balaban J connectivity index is 0.00000242. The second kappa shape index (κ2) is 7.85. The van der Waals surface area contributed by atoms with Crippen LogP contribution in [0.4, 0.5) is 5.69 Å². The second-order valence-electron chi connectivity index (χ2n) is 5.36. The summed E-state index contributed by atoms with van der Waals surface area (Å²) in [4.78, 5) is 12.4. The molecule has 22 heavy (non-hydrogen) atoms. The van der Waals surface area contributed by atoms with Crippen LogP contribution in [0.1, 0.15) is 46.9 Å². The molecule has 3 N–H and O–H groups in total. The number of nitrogens with one attached hydrogen (secondary N) is 1. The maximum absolute atomic E-state index is 12.4. The van der Waals surface area contributed by atoms with Crippen LogP contribution in [-0.2, 0) is 6.42 Å². The predicted octanol–water partition coefficient (Wildman–Crippen LogP) is 4.05. The van der Waals surface area contributed by atoms with Gasteiger partial charge in [-0.2, -0.15) is 0 Å². The zero-order chi connectivity index (χ0) is 15.4. The first kappa shape index (κ1) is 18.1. The number of hydrogen-bond donors (Lipinski definition) is 2. The number of anilines is 1. The summed E-state index contributed by atoms with van der Waals surface area (Å²) in [6.45, 7) is 6.03. The van der Waals surface area contributed by atoms with E-state index in [1.165, 1.54) is 5.56 Å². The smallest absolute Gasteiger partial charge is 0.252 e. The molecule has 0 saturated carbocycles. The zero-order valence-corrected chi connectivity index (χ0v) is 14.0. The van der Waals surface area contributed by atoms with Crippen LogP contribution >= 0.6 is 12.4 Å². The first-order valence-electron chi connectivity index (χ1n) is 7.27. The van der Waals surface area contributed by atoms with Crippen molar-refractivity contribution < 1.29 is 4.79 Å². The number of nitrogen functional groups attached to an aromatic ring is 1. The summed E-state index contributed by atoms with van der Waals surface area (Å²) in [6, 6.07) is 13.7. The largest absolute Gasteiger partial charge is 0.399 e. The van der Waals surface area contributed by atoms with Gasteiger partial charge in [0.15, 0.2) is 0 Å². The number of nitrogens with two attached hydrogens (primary N) is 1. The van der Waals surface area contributed by atoms with E-state index in [0.29, 0.717) is 11.3 Å². The Labute approximate surface area is 138 Å². The van der Waals surface area contributed by atoms with Crippen LogP contribution in [0.3, 0.4) is 0 Å². The van der Waals surface area contributed by atoms with Gasteiger partial charge >= 0.3 is 0 Å². The molecule has 0 aliphatic rings. The van der Waals surface area contributed by atoms with E-state index in [4.69, 9.17) is 5.73 Å². The van der Waals surface area contributed by atoms with Crippen molar-refractivity contribution in [3.8, 4) is 0 Å². The minimum Gasteiger partial charge on any atom is -0.399 e. The van der Waals surface area contributed by atoms with Crippen LogP contribution in [0.15, 0.2) is 42.5 Å². The molecule has 2 aromatic rings. The topological polar surface area (TPSA) is 55.1 Å². The third-order valence-corrected chi connectivity index (χ3v) is 3.74. The lowest BCUT2D eigenvalue weighted by Gasteiger charge is -2.16. The Kier molecular flexibility index (Phi) is 6.44. The standard InChI is InChI=1S/C18H22N2O.ClH/c1-4-14-6-8-15(9-7-14)13(3)20-18(21)17-11-16(19)10-5-12(17)2;/h5-11,13H,4,19H2,1-3H3,(H,20,21);1H. The van der Waals surface area contributed by atoms with Crippen molar-refractivity contribution in [2.24, 2.45) is 0 Å². The number of amides is 1. The van der Waals surface area contributed by atoms with Crippen LogP contribution in [0.5, 0.6) is 0 Å². The van der Waals surface area contributed by atoms with Crippen LogP contribution in [0.2, 0.25) is 0 Å². The molecule has 0 bridgehead atoms. The molecule has 1 amide bonds. The van der Waals surface area contributed by atoms with Gasteiger partial charge in [-0.05, 0) is 49.1 Å². The SMILES string of the molecule is CCc1ccc(C(C)NC(=O)c2cc(N)ccc2C)cc1.Cl. The molecular formula is C18H23ClN2O. The Morgan fingerprint density at radius 3 is 2.41 bits per heavy atom. The number of rotatable bonds is 4. The monoisotopic (exact) mass is 318 g/mol. The summed E-state index contributed by atoms with van der Waals surface area (Å²) in [5, 5.41) is 3.02. The van der Waals surface area contributed by atoms with Crippen LogP contribution in [0.25, 0.3) is 0 Å². The molecule has 0 saturated heterocycles. The van der Waals surface area contributed by atoms with Crippen molar-refractivity contribution in [1.29, 1.82) is 0 Å². The quantitative estimate of drug-likeness (QED) is 0.835. The third kappa shape index (κ3) is 4.25. The van der Waals surface area contributed by atoms with Crippen molar-refractivity contribution in [3.63, 3.8) is 0 Å². The molecule has 1 unspecified atom stereocenters. The maximum Gasteiger partial charge on any atom is 0.252 e. The minimum atomic E-state index is -0.0909. The summed E-state index contributed by atoms with van der Waals surface area (Å²) >= 11 is 0. The minimum absolute atomic E-state index is 0. The molecule has 2 rings (SSSR count). The molecule has 0 aliphatic carbocycles. The molecule has 0 aromatic heterocycles. The van der Waals surface area contributed by atoms with Gasteiger partial charge in [0.25, 0.3) is 5.91 Å². The highest BCUT2D eigenvalue weighted by Gasteiger charge is 2.13. The number of benzene rings is 2. The van der Waals surface area contributed by atoms with Gasteiger partial charge in [-0.1, -0.05) is 37.3 Å². The molecule has 0 fully saturated rings. The number of halogens is 1. The van der Waals surface area contributed by atoms with E-state index in [0.717, 1.165) is 17.5 Å². The normalized spacial score (nSPS) is 11.4. The van der Waals surface area contributed by atoms with Gasteiger partial charge in [-0.15, -0.1) is 12.4 Å². The Hall–Kier alpha value is -2.00. The fourth-order valence-corrected chi connectivity index (χ4v) is 2.28. The van der Waals surface area contributed by atoms with E-state index < -0.39 is 0 Å². The predicted molar refractivity (Wildman–Crippen MR) is 94.5 cm³/mol. The Bertz CT molecular complexity index is 638. The van der Waals surface area contributed by atoms with Crippen molar-refractivity contribution >= 4 is 24.0 Å². The van der Waals surface area contributed by atoms with Crippen LogP contribution in [0, 0.1) is 6.92 Å². The maximum atomic E-state index is 12.4. The second-order valence-corrected chi connectivity index (χ2v) is 5.36. The molecule has 2 aromatic carbocycles. The summed E-state index contributed by atoms with van der Waals surface area (Å²) in [7, 11) is 0. The number of hydrogen-bond acceptors (Lipinski definition) is 2.